The lowest BCUT2D eigenvalue weighted by Crippen LogP contribution is -2.38. The molecule has 1 aliphatic rings. The normalized spacial score (nSPS) is 16.9. The number of benzene rings is 1. The standard InChI is InChI=1S/C15H22N2O2.C7H9N3O/c1-12(18)16(2)15(13-6-4-3-5-7-13)11-17-9-8-14(19)10-17;1-5-2-3-9-4-6(5)10-7(8)11/h3-7,14-15,19H,8-11H2,1-2H3;2-4H,1H3,(H3,8,10,11). The molecule has 1 fully saturated rings. The molecule has 8 nitrogen and oxygen atoms in total. The molecule has 8 heteroatoms. The zero-order chi connectivity index (χ0) is 22.1. The summed E-state index contributed by atoms with van der Waals surface area (Å²) < 4.78 is 0. The van der Waals surface area contributed by atoms with Crippen LogP contribution >= 0.6 is 0 Å². The Labute approximate surface area is 177 Å². The van der Waals surface area contributed by atoms with Gasteiger partial charge in [-0.25, -0.2) is 4.79 Å². The molecule has 2 atom stereocenters. The lowest BCUT2D eigenvalue weighted by atomic mass is 10.1. The van der Waals surface area contributed by atoms with Gasteiger partial charge in [-0.1, -0.05) is 30.3 Å². The number of aryl methyl sites for hydroxylation is 1. The first kappa shape index (κ1) is 23.3. The number of anilines is 1. The molecule has 2 aromatic rings. The quantitative estimate of drug-likeness (QED) is 0.695. The van der Waals surface area contributed by atoms with E-state index in [4.69, 9.17) is 5.73 Å². The van der Waals surface area contributed by atoms with Gasteiger partial charge in [0.05, 0.1) is 24.0 Å². The van der Waals surface area contributed by atoms with Gasteiger partial charge in [-0.3, -0.25) is 14.7 Å². The number of pyridine rings is 1. The fourth-order valence-corrected chi connectivity index (χ4v) is 3.30. The Hall–Kier alpha value is -2.97. The number of carbonyl (C=O) groups is 2. The Balaban J connectivity index is 0.000000248. The highest BCUT2D eigenvalue weighted by Crippen LogP contribution is 2.23. The van der Waals surface area contributed by atoms with E-state index < -0.39 is 6.03 Å². The highest BCUT2D eigenvalue weighted by atomic mass is 16.3. The van der Waals surface area contributed by atoms with Gasteiger partial charge in [-0.05, 0) is 30.5 Å². The molecule has 0 bridgehead atoms. The highest BCUT2D eigenvalue weighted by molar-refractivity contribution is 5.88. The SMILES string of the molecule is CC(=O)N(C)C(CN1CCC(O)C1)c1ccccc1.Cc1ccncc1NC(N)=O. The monoisotopic (exact) mass is 413 g/mol. The molecule has 1 aromatic carbocycles. The van der Waals surface area contributed by atoms with E-state index in [1.807, 2.05) is 32.2 Å². The first-order valence-corrected chi connectivity index (χ1v) is 9.93. The smallest absolute Gasteiger partial charge is 0.316 e. The molecule has 0 radical (unpaired) electrons. The molecule has 3 rings (SSSR count). The van der Waals surface area contributed by atoms with Crippen molar-refractivity contribution in [3.8, 4) is 0 Å². The average molecular weight is 414 g/mol. The number of aliphatic hydroxyl groups is 1. The van der Waals surface area contributed by atoms with Gasteiger partial charge >= 0.3 is 6.03 Å². The zero-order valence-corrected chi connectivity index (χ0v) is 17.8. The zero-order valence-electron chi connectivity index (χ0n) is 17.8. The number of aliphatic hydroxyl groups excluding tert-OH is 1. The molecule has 3 amide bonds. The molecule has 0 spiro atoms. The molecule has 1 aliphatic heterocycles. The van der Waals surface area contributed by atoms with Crippen LogP contribution in [0.15, 0.2) is 48.8 Å². The van der Waals surface area contributed by atoms with Crippen LogP contribution in [0.3, 0.4) is 0 Å². The van der Waals surface area contributed by atoms with E-state index >= 15 is 0 Å². The van der Waals surface area contributed by atoms with Crippen LogP contribution in [0.2, 0.25) is 0 Å². The molecular weight excluding hydrogens is 382 g/mol. The van der Waals surface area contributed by atoms with Crippen LogP contribution < -0.4 is 11.1 Å². The van der Waals surface area contributed by atoms with Gasteiger partial charge in [0.15, 0.2) is 0 Å². The summed E-state index contributed by atoms with van der Waals surface area (Å²) in [6.45, 7) is 5.84. The minimum absolute atomic E-state index is 0.0454. The predicted molar refractivity (Wildman–Crippen MR) is 117 cm³/mol. The van der Waals surface area contributed by atoms with Crippen molar-refractivity contribution in [3.05, 3.63) is 59.9 Å². The number of β-amino-alcohol motifs (C(OH)–C–C–N with tert-alkyl or cyclic N) is 1. The number of carbonyl (C=O) groups excluding carboxylic acids is 2. The highest BCUT2D eigenvalue weighted by Gasteiger charge is 2.26. The number of primary amides is 1. The number of amides is 3. The minimum Gasteiger partial charge on any atom is -0.392 e. The fourth-order valence-electron chi connectivity index (χ4n) is 3.30. The van der Waals surface area contributed by atoms with Crippen LogP contribution in [0.25, 0.3) is 0 Å². The Morgan fingerprint density at radius 3 is 2.57 bits per heavy atom. The van der Waals surface area contributed by atoms with E-state index in [9.17, 15) is 14.7 Å². The average Bonchev–Trinajstić information content (AvgIpc) is 3.13. The Morgan fingerprint density at radius 2 is 2.03 bits per heavy atom. The molecule has 162 valence electrons. The molecule has 30 heavy (non-hydrogen) atoms. The number of likely N-dealkylation sites (tertiary alicyclic amines) is 1. The van der Waals surface area contributed by atoms with Gasteiger partial charge < -0.3 is 21.1 Å². The van der Waals surface area contributed by atoms with Crippen molar-refractivity contribution in [1.82, 2.24) is 14.8 Å². The number of rotatable bonds is 5. The maximum atomic E-state index is 11.7. The van der Waals surface area contributed by atoms with Crippen molar-refractivity contribution in [2.45, 2.75) is 32.4 Å². The number of urea groups is 1. The number of hydrogen-bond acceptors (Lipinski definition) is 5. The molecule has 0 saturated carbocycles. The molecule has 1 aromatic heterocycles. The maximum absolute atomic E-state index is 11.7. The van der Waals surface area contributed by atoms with Crippen molar-refractivity contribution in [3.63, 3.8) is 0 Å². The molecule has 4 N–H and O–H groups in total. The summed E-state index contributed by atoms with van der Waals surface area (Å²) in [5.41, 5.74) is 7.65. The molecule has 1 saturated heterocycles. The molecule has 2 heterocycles. The van der Waals surface area contributed by atoms with Crippen molar-refractivity contribution >= 4 is 17.6 Å². The second-order valence-corrected chi connectivity index (χ2v) is 7.44. The van der Waals surface area contributed by atoms with Gasteiger partial charge in [-0.2, -0.15) is 0 Å². The van der Waals surface area contributed by atoms with E-state index in [2.05, 4.69) is 27.3 Å². The lowest BCUT2D eigenvalue weighted by molar-refractivity contribution is -0.130. The van der Waals surface area contributed by atoms with Crippen LogP contribution in [-0.4, -0.2) is 64.6 Å². The summed E-state index contributed by atoms with van der Waals surface area (Å²) in [6, 6.07) is 11.3. The van der Waals surface area contributed by atoms with Gasteiger partial charge in [-0.15, -0.1) is 0 Å². The summed E-state index contributed by atoms with van der Waals surface area (Å²) in [5.74, 6) is 0.0635. The van der Waals surface area contributed by atoms with Crippen LogP contribution in [-0.2, 0) is 4.79 Å². The number of hydrogen-bond donors (Lipinski definition) is 3. The van der Waals surface area contributed by atoms with Gasteiger partial charge in [0.1, 0.15) is 0 Å². The Morgan fingerprint density at radius 1 is 1.33 bits per heavy atom. The summed E-state index contributed by atoms with van der Waals surface area (Å²) in [5, 5.41) is 12.1. The molecular formula is C22H31N5O3. The summed E-state index contributed by atoms with van der Waals surface area (Å²) in [6.07, 6.45) is 3.81. The lowest BCUT2D eigenvalue weighted by Gasteiger charge is -2.31. The van der Waals surface area contributed by atoms with Crippen LogP contribution in [0, 0.1) is 6.92 Å². The Kier molecular flexibility index (Phi) is 8.76. The van der Waals surface area contributed by atoms with E-state index in [-0.39, 0.29) is 18.1 Å². The number of nitrogens with zero attached hydrogens (tertiary/aromatic N) is 3. The largest absolute Gasteiger partial charge is 0.392 e. The van der Waals surface area contributed by atoms with Gasteiger partial charge in [0.25, 0.3) is 0 Å². The third-order valence-corrected chi connectivity index (χ3v) is 5.12. The van der Waals surface area contributed by atoms with Crippen LogP contribution in [0.5, 0.6) is 0 Å². The van der Waals surface area contributed by atoms with E-state index in [1.165, 1.54) is 0 Å². The van der Waals surface area contributed by atoms with Crippen molar-refractivity contribution < 1.29 is 14.7 Å². The first-order chi connectivity index (χ1) is 14.3. The number of nitrogens with two attached hydrogens (primary N) is 1. The summed E-state index contributed by atoms with van der Waals surface area (Å²) in [4.78, 5) is 29.9. The van der Waals surface area contributed by atoms with Crippen molar-refractivity contribution in [2.24, 2.45) is 5.73 Å². The van der Waals surface area contributed by atoms with Crippen molar-refractivity contribution in [1.29, 1.82) is 0 Å². The molecule has 0 aliphatic carbocycles. The van der Waals surface area contributed by atoms with E-state index in [1.54, 1.807) is 30.3 Å². The Bertz CT molecular complexity index is 831. The first-order valence-electron chi connectivity index (χ1n) is 9.93. The van der Waals surface area contributed by atoms with Crippen molar-refractivity contribution in [2.75, 3.05) is 32.0 Å². The second kappa shape index (κ2) is 11.3. The topological polar surface area (TPSA) is 112 Å². The third kappa shape index (κ3) is 7.13. The number of likely N-dealkylation sites (N-methyl/N-ethyl adjacent to an activating group) is 1. The maximum Gasteiger partial charge on any atom is 0.316 e. The minimum atomic E-state index is -0.568. The summed E-state index contributed by atoms with van der Waals surface area (Å²) in [7, 11) is 1.84. The van der Waals surface area contributed by atoms with Crippen LogP contribution in [0.4, 0.5) is 10.5 Å². The van der Waals surface area contributed by atoms with Gasteiger partial charge in [0, 0.05) is 39.8 Å². The van der Waals surface area contributed by atoms with Crippen LogP contribution in [0.1, 0.15) is 30.5 Å². The van der Waals surface area contributed by atoms with E-state index in [0.29, 0.717) is 12.2 Å². The third-order valence-electron chi connectivity index (χ3n) is 5.12. The van der Waals surface area contributed by atoms with Gasteiger partial charge in [0.2, 0.25) is 5.91 Å². The molecule has 2 unspecified atom stereocenters. The summed E-state index contributed by atoms with van der Waals surface area (Å²) >= 11 is 0. The van der Waals surface area contributed by atoms with E-state index in [0.717, 1.165) is 30.6 Å². The fraction of sp³-hybridized carbons (Fsp3) is 0.409. The number of nitrogens with one attached hydrogen (secondary N) is 1. The second-order valence-electron chi connectivity index (χ2n) is 7.44. The predicted octanol–water partition coefficient (Wildman–Crippen LogP) is 2.15. The number of aromatic nitrogens is 1.